The van der Waals surface area contributed by atoms with Gasteiger partial charge in [0, 0.05) is 45.1 Å². The van der Waals surface area contributed by atoms with Gasteiger partial charge in [-0.1, -0.05) is 35.0 Å². The number of hydrogen-bond donors (Lipinski definition) is 1. The van der Waals surface area contributed by atoms with E-state index in [9.17, 15) is 9.59 Å². The summed E-state index contributed by atoms with van der Waals surface area (Å²) in [6.07, 6.45) is 5.14. The molecule has 1 aliphatic rings. The van der Waals surface area contributed by atoms with Crippen molar-refractivity contribution in [2.24, 2.45) is 0 Å². The fourth-order valence-electron chi connectivity index (χ4n) is 6.79. The van der Waals surface area contributed by atoms with Crippen molar-refractivity contribution in [3.63, 3.8) is 0 Å². The first kappa shape index (κ1) is 32.8. The molecule has 258 valence electrons. The lowest BCUT2D eigenvalue weighted by atomic mass is 9.88. The van der Waals surface area contributed by atoms with Gasteiger partial charge in [-0.3, -0.25) is 9.59 Å². The number of piperidine rings is 1. The Morgan fingerprint density at radius 3 is 2.63 bits per heavy atom. The number of aromatic nitrogens is 8. The summed E-state index contributed by atoms with van der Waals surface area (Å²) in [6.45, 7) is 10.5. The molecule has 1 saturated heterocycles. The molecule has 51 heavy (non-hydrogen) atoms. The summed E-state index contributed by atoms with van der Waals surface area (Å²) in [5.41, 5.74) is 6.24. The molecule has 1 aliphatic heterocycles. The molecule has 0 bridgehead atoms. The number of likely N-dealkylation sites (tertiary alicyclic amines) is 1. The number of rotatable bonds is 6. The maximum atomic E-state index is 14.2. The van der Waals surface area contributed by atoms with E-state index in [0.29, 0.717) is 39.0 Å². The van der Waals surface area contributed by atoms with Crippen LogP contribution < -0.4 is 5.32 Å². The zero-order valence-corrected chi connectivity index (χ0v) is 30.3. The van der Waals surface area contributed by atoms with E-state index in [1.165, 1.54) is 17.5 Å². The molecule has 0 aliphatic carbocycles. The first-order valence-electron chi connectivity index (χ1n) is 16.7. The normalized spacial score (nSPS) is 15.9. The van der Waals surface area contributed by atoms with Crippen LogP contribution in [0.3, 0.4) is 0 Å². The number of carbonyl (C=O) groups is 2. The first-order valence-corrected chi connectivity index (χ1v) is 17.9. The van der Waals surface area contributed by atoms with Gasteiger partial charge in [-0.2, -0.15) is 10.2 Å². The highest BCUT2D eigenvalue weighted by atomic mass is 35.5. The van der Waals surface area contributed by atoms with Crippen molar-refractivity contribution in [2.45, 2.75) is 59.0 Å². The van der Waals surface area contributed by atoms with E-state index < -0.39 is 0 Å². The van der Waals surface area contributed by atoms with Gasteiger partial charge < -0.3 is 10.2 Å². The quantitative estimate of drug-likeness (QED) is 0.189. The molecule has 0 spiro atoms. The van der Waals surface area contributed by atoms with E-state index in [-0.39, 0.29) is 23.4 Å². The molecule has 0 radical (unpaired) electrons. The van der Waals surface area contributed by atoms with Gasteiger partial charge in [0.25, 0.3) is 11.8 Å². The summed E-state index contributed by atoms with van der Waals surface area (Å²) < 4.78 is 5.39. The Bertz CT molecular complexity index is 2470. The zero-order chi connectivity index (χ0) is 35.6. The number of carbonyl (C=O) groups excluding carboxylic acids is 2. The van der Waals surface area contributed by atoms with Gasteiger partial charge >= 0.3 is 0 Å². The van der Waals surface area contributed by atoms with Gasteiger partial charge in [-0.25, -0.2) is 18.9 Å². The predicted octanol–water partition coefficient (Wildman–Crippen LogP) is 7.48. The van der Waals surface area contributed by atoms with Crippen LogP contribution in [0.15, 0.2) is 73.1 Å². The lowest BCUT2D eigenvalue weighted by Crippen LogP contribution is -2.53. The van der Waals surface area contributed by atoms with Crippen LogP contribution in [-0.4, -0.2) is 68.2 Å². The topological polar surface area (TPSA) is 128 Å². The smallest absolute Gasteiger partial charge is 0.264 e. The van der Waals surface area contributed by atoms with Crippen LogP contribution in [0.5, 0.6) is 0 Å². The second kappa shape index (κ2) is 12.4. The highest BCUT2D eigenvalue weighted by molar-refractivity contribution is 7.20. The van der Waals surface area contributed by atoms with Crippen molar-refractivity contribution in [2.75, 3.05) is 11.9 Å². The first-order chi connectivity index (χ1) is 24.4. The minimum atomic E-state index is -0.335. The fourth-order valence-corrected chi connectivity index (χ4v) is 8.10. The van der Waals surface area contributed by atoms with Crippen molar-refractivity contribution in [1.82, 2.24) is 44.3 Å². The zero-order valence-electron chi connectivity index (χ0n) is 28.8. The highest BCUT2D eigenvalue weighted by Crippen LogP contribution is 2.37. The van der Waals surface area contributed by atoms with E-state index in [0.717, 1.165) is 51.4 Å². The Hall–Kier alpha value is -5.40. The highest BCUT2D eigenvalue weighted by Gasteiger charge is 2.39. The van der Waals surface area contributed by atoms with Gasteiger partial charge in [-0.15, -0.1) is 16.4 Å². The van der Waals surface area contributed by atoms with Crippen molar-refractivity contribution in [3.8, 4) is 16.9 Å². The molecule has 6 heterocycles. The molecule has 12 nitrogen and oxygen atoms in total. The van der Waals surface area contributed by atoms with E-state index in [4.69, 9.17) is 16.7 Å². The minimum absolute atomic E-state index is 0.00825. The molecule has 2 aromatic carbocycles. The summed E-state index contributed by atoms with van der Waals surface area (Å²) in [6, 6.07) is 18.9. The second-order valence-electron chi connectivity index (χ2n) is 13.7. The number of amides is 2. The minimum Gasteiger partial charge on any atom is -0.331 e. The summed E-state index contributed by atoms with van der Waals surface area (Å²) in [4.78, 5) is 35.4. The Morgan fingerprint density at radius 2 is 1.84 bits per heavy atom. The lowest BCUT2D eigenvalue weighted by Gasteiger charge is -2.45. The summed E-state index contributed by atoms with van der Waals surface area (Å²) >= 11 is 7.72. The van der Waals surface area contributed by atoms with Crippen LogP contribution in [0.25, 0.3) is 32.8 Å². The van der Waals surface area contributed by atoms with E-state index in [1.54, 1.807) is 4.52 Å². The molecule has 5 aromatic heterocycles. The Kier molecular flexibility index (Phi) is 7.99. The number of hydrogen-bond acceptors (Lipinski definition) is 8. The molecule has 1 N–H and O–H groups in total. The molecule has 14 heteroatoms. The van der Waals surface area contributed by atoms with E-state index >= 15 is 0 Å². The van der Waals surface area contributed by atoms with Gasteiger partial charge in [-0.05, 0) is 89.9 Å². The van der Waals surface area contributed by atoms with Gasteiger partial charge in [0.1, 0.15) is 16.1 Å². The van der Waals surface area contributed by atoms with E-state index in [1.807, 2.05) is 102 Å². The number of halogens is 1. The van der Waals surface area contributed by atoms with Crippen molar-refractivity contribution >= 4 is 56.3 Å². The van der Waals surface area contributed by atoms with Crippen molar-refractivity contribution < 1.29 is 9.59 Å². The average molecular weight is 719 g/mol. The number of fused-ring (bicyclic) bond motifs is 2. The monoisotopic (exact) mass is 718 g/mol. The third-order valence-corrected chi connectivity index (χ3v) is 10.9. The van der Waals surface area contributed by atoms with Crippen LogP contribution in [0.4, 0.5) is 5.69 Å². The number of nitrogens with zero attached hydrogens (tertiary/aromatic N) is 9. The average Bonchev–Trinajstić information content (AvgIpc) is 3.90. The summed E-state index contributed by atoms with van der Waals surface area (Å²) in [5, 5.41) is 22.6. The van der Waals surface area contributed by atoms with Gasteiger partial charge in [0.05, 0.1) is 34.7 Å². The Morgan fingerprint density at radius 1 is 1.04 bits per heavy atom. The predicted molar refractivity (Wildman–Crippen MR) is 198 cm³/mol. The van der Waals surface area contributed by atoms with E-state index in [2.05, 4.69) is 39.6 Å². The molecule has 0 saturated carbocycles. The number of benzene rings is 2. The number of nitrogens with one attached hydrogen (secondary N) is 1. The maximum Gasteiger partial charge on any atom is 0.264 e. The molecule has 1 fully saturated rings. The maximum absolute atomic E-state index is 14.2. The number of anilines is 1. The van der Waals surface area contributed by atoms with Crippen LogP contribution in [0, 0.1) is 20.8 Å². The molecular formula is C37H35ClN10O2S. The Balaban J connectivity index is 0.982. The fraction of sp³-hybridized carbons (Fsp3) is 0.270. The molecule has 8 rings (SSSR count). The number of aryl methyl sites for hydroxylation is 3. The molecule has 2 amide bonds. The largest absolute Gasteiger partial charge is 0.331 e. The van der Waals surface area contributed by atoms with Crippen molar-refractivity contribution in [1.29, 1.82) is 0 Å². The van der Waals surface area contributed by atoms with Gasteiger partial charge in [0.2, 0.25) is 0 Å². The summed E-state index contributed by atoms with van der Waals surface area (Å²) in [7, 11) is 0. The molecule has 1 atom stereocenters. The lowest BCUT2D eigenvalue weighted by molar-refractivity contribution is 0.0313. The molecular weight excluding hydrogens is 684 g/mol. The second-order valence-corrected chi connectivity index (χ2v) is 15.1. The van der Waals surface area contributed by atoms with Crippen LogP contribution >= 0.6 is 22.9 Å². The SMILES string of the molecule is Cc1cc(C)n2ncc(C(=O)Nc3ccc(-c4cn(C5CCC(C)(C)N(C(=O)c6cc7c(C)nn(-c8cccc(Cl)c8)c7s6)C5)nn4)cc3)c2n1. The van der Waals surface area contributed by atoms with Crippen LogP contribution in [0.1, 0.15) is 69.8 Å². The Labute approximate surface area is 302 Å². The third-order valence-electron chi connectivity index (χ3n) is 9.61. The van der Waals surface area contributed by atoms with Gasteiger partial charge in [0.15, 0.2) is 5.65 Å². The molecule has 7 aromatic rings. The summed E-state index contributed by atoms with van der Waals surface area (Å²) in [5.74, 6) is -0.291. The van der Waals surface area contributed by atoms with Crippen LogP contribution in [-0.2, 0) is 0 Å². The molecule has 1 unspecified atom stereocenters. The standard InChI is InChI=1S/C37H35ClN10O2S/c1-21-15-22(2)47-33(40-21)30(18-39-47)34(49)41-26-11-9-24(10-12-26)31-20-46(44-42-31)28-13-14-37(4,5)45(19-28)35(50)32-17-29-23(3)43-48(36(29)51-32)27-8-6-7-25(38)16-27/h6-12,15-18,20,28H,13-14,19H2,1-5H3,(H,41,49). The third kappa shape index (κ3) is 5.95. The van der Waals surface area contributed by atoms with Crippen LogP contribution in [0.2, 0.25) is 5.02 Å². The van der Waals surface area contributed by atoms with Crippen molar-refractivity contribution in [3.05, 3.63) is 106 Å². The number of thiophene rings is 1.